The first kappa shape index (κ1) is 21.3. The summed E-state index contributed by atoms with van der Waals surface area (Å²) >= 11 is 0. The first-order valence-corrected chi connectivity index (χ1v) is 10.5. The number of benzene rings is 3. The number of carbonyl (C=O) groups excluding carboxylic acids is 2. The highest BCUT2D eigenvalue weighted by Crippen LogP contribution is 2.28. The Bertz CT molecular complexity index is 1100. The van der Waals surface area contributed by atoms with Crippen LogP contribution >= 0.6 is 0 Å². The number of nitrogens with zero attached hydrogens (tertiary/aromatic N) is 1. The molecule has 0 saturated heterocycles. The van der Waals surface area contributed by atoms with Crippen molar-refractivity contribution in [2.24, 2.45) is 0 Å². The predicted octanol–water partition coefficient (Wildman–Crippen LogP) is 4.52. The molecule has 0 fully saturated rings. The van der Waals surface area contributed by atoms with E-state index in [0.29, 0.717) is 29.8 Å². The summed E-state index contributed by atoms with van der Waals surface area (Å²) in [5.41, 5.74) is 3.72. The van der Waals surface area contributed by atoms with Crippen LogP contribution < -0.4 is 9.64 Å². The van der Waals surface area contributed by atoms with Gasteiger partial charge in [-0.25, -0.2) is 4.90 Å². The first-order chi connectivity index (χ1) is 15.5. The molecule has 1 aliphatic heterocycles. The van der Waals surface area contributed by atoms with Crippen molar-refractivity contribution in [1.82, 2.24) is 0 Å². The predicted molar refractivity (Wildman–Crippen MR) is 120 cm³/mol. The number of imide groups is 1. The van der Waals surface area contributed by atoms with Crippen LogP contribution in [0, 0.1) is 0 Å². The Morgan fingerprint density at radius 3 is 1.84 bits per heavy atom. The molecule has 0 atom stereocenters. The second-order valence-corrected chi connectivity index (χ2v) is 7.65. The summed E-state index contributed by atoms with van der Waals surface area (Å²) in [6.45, 7) is 0.380. The van der Waals surface area contributed by atoms with Gasteiger partial charge >= 0.3 is 5.97 Å². The molecule has 1 aliphatic rings. The molecular formula is C26H23NO5. The van der Waals surface area contributed by atoms with Crippen molar-refractivity contribution in [2.75, 3.05) is 11.5 Å². The largest absolute Gasteiger partial charge is 0.494 e. The molecule has 0 radical (unpaired) electrons. The van der Waals surface area contributed by atoms with E-state index in [1.54, 1.807) is 24.3 Å². The molecule has 0 aliphatic carbocycles. The zero-order valence-electron chi connectivity index (χ0n) is 17.5. The molecule has 3 aromatic rings. The SMILES string of the molecule is O=C(O)CCCOc1ccc(CCc2ccc(N3C(=O)c4ccccc4C3=O)cc2)cc1. The Morgan fingerprint density at radius 2 is 1.31 bits per heavy atom. The monoisotopic (exact) mass is 429 g/mol. The number of hydrogen-bond donors (Lipinski definition) is 1. The van der Waals surface area contributed by atoms with E-state index in [1.807, 2.05) is 48.5 Å². The minimum Gasteiger partial charge on any atom is -0.494 e. The Balaban J connectivity index is 1.31. The lowest BCUT2D eigenvalue weighted by Gasteiger charge is -2.14. The Morgan fingerprint density at radius 1 is 0.781 bits per heavy atom. The van der Waals surface area contributed by atoms with Gasteiger partial charge in [-0.1, -0.05) is 36.4 Å². The van der Waals surface area contributed by atoms with Gasteiger partial charge in [-0.2, -0.15) is 0 Å². The van der Waals surface area contributed by atoms with Gasteiger partial charge in [0.15, 0.2) is 0 Å². The molecular weight excluding hydrogens is 406 g/mol. The van der Waals surface area contributed by atoms with Crippen molar-refractivity contribution >= 4 is 23.5 Å². The number of anilines is 1. The molecule has 6 heteroatoms. The number of carboxylic acids is 1. The third kappa shape index (κ3) is 4.70. The van der Waals surface area contributed by atoms with Crippen molar-refractivity contribution in [3.8, 4) is 5.75 Å². The molecule has 162 valence electrons. The summed E-state index contributed by atoms with van der Waals surface area (Å²) in [6.07, 6.45) is 2.24. The first-order valence-electron chi connectivity index (χ1n) is 10.5. The standard InChI is InChI=1S/C26H23NO5/c28-24(29)6-3-17-32-21-15-11-19(12-16-21)8-7-18-9-13-20(14-10-18)27-25(30)22-4-1-2-5-23(22)26(27)31/h1-2,4-5,9-16H,3,6-8,17H2,(H,28,29). The lowest BCUT2D eigenvalue weighted by molar-refractivity contribution is -0.137. The van der Waals surface area contributed by atoms with Crippen molar-refractivity contribution in [3.05, 3.63) is 95.1 Å². The molecule has 1 heterocycles. The lowest BCUT2D eigenvalue weighted by atomic mass is 10.0. The number of rotatable bonds is 9. The molecule has 0 unspecified atom stereocenters. The number of fused-ring (bicyclic) bond motifs is 1. The van der Waals surface area contributed by atoms with Crippen molar-refractivity contribution in [3.63, 3.8) is 0 Å². The highest BCUT2D eigenvalue weighted by Gasteiger charge is 2.36. The quantitative estimate of drug-likeness (QED) is 0.400. The van der Waals surface area contributed by atoms with Gasteiger partial charge in [-0.05, 0) is 66.8 Å². The minimum atomic E-state index is -0.819. The van der Waals surface area contributed by atoms with Crippen LogP contribution in [0.15, 0.2) is 72.8 Å². The van der Waals surface area contributed by atoms with E-state index < -0.39 is 5.97 Å². The number of aryl methyl sites for hydroxylation is 2. The molecule has 4 rings (SSSR count). The number of amides is 2. The fourth-order valence-electron chi connectivity index (χ4n) is 3.69. The second kappa shape index (κ2) is 9.47. The zero-order valence-corrected chi connectivity index (χ0v) is 17.5. The van der Waals surface area contributed by atoms with Crippen LogP contribution in [-0.4, -0.2) is 29.5 Å². The summed E-state index contributed by atoms with van der Waals surface area (Å²) in [5.74, 6) is -0.669. The fourth-order valence-corrected chi connectivity index (χ4v) is 3.69. The van der Waals surface area contributed by atoms with Crippen LogP contribution in [-0.2, 0) is 17.6 Å². The number of aliphatic carboxylic acids is 1. The Labute approximate surface area is 186 Å². The highest BCUT2D eigenvalue weighted by atomic mass is 16.5. The Kier molecular flexibility index (Phi) is 6.31. The van der Waals surface area contributed by atoms with Gasteiger partial charge in [-0.3, -0.25) is 14.4 Å². The van der Waals surface area contributed by atoms with Crippen LogP contribution in [0.4, 0.5) is 5.69 Å². The maximum absolute atomic E-state index is 12.6. The molecule has 0 aromatic heterocycles. The number of ether oxygens (including phenoxy) is 1. The van der Waals surface area contributed by atoms with Crippen LogP contribution in [0.2, 0.25) is 0 Å². The average Bonchev–Trinajstić information content (AvgIpc) is 3.07. The molecule has 2 amide bonds. The van der Waals surface area contributed by atoms with E-state index in [0.717, 1.165) is 29.7 Å². The maximum atomic E-state index is 12.6. The summed E-state index contributed by atoms with van der Waals surface area (Å²) in [6, 6.07) is 22.2. The van der Waals surface area contributed by atoms with Crippen molar-refractivity contribution < 1.29 is 24.2 Å². The van der Waals surface area contributed by atoms with Gasteiger partial charge in [0.25, 0.3) is 11.8 Å². The summed E-state index contributed by atoms with van der Waals surface area (Å²) in [4.78, 5) is 37.0. The van der Waals surface area contributed by atoms with Crippen LogP contribution in [0.3, 0.4) is 0 Å². The molecule has 32 heavy (non-hydrogen) atoms. The summed E-state index contributed by atoms with van der Waals surface area (Å²) in [5, 5.41) is 8.64. The average molecular weight is 429 g/mol. The van der Waals surface area contributed by atoms with E-state index >= 15 is 0 Å². The number of carbonyl (C=O) groups is 3. The van der Waals surface area contributed by atoms with Gasteiger partial charge in [-0.15, -0.1) is 0 Å². The van der Waals surface area contributed by atoms with Crippen LogP contribution in [0.1, 0.15) is 44.7 Å². The van der Waals surface area contributed by atoms with Gasteiger partial charge in [0.1, 0.15) is 5.75 Å². The maximum Gasteiger partial charge on any atom is 0.303 e. The molecule has 0 spiro atoms. The number of carboxylic acid groups (broad SMARTS) is 1. The van der Waals surface area contributed by atoms with Gasteiger partial charge in [0.05, 0.1) is 23.4 Å². The molecule has 3 aromatic carbocycles. The molecule has 0 bridgehead atoms. The Hall–Kier alpha value is -3.93. The van der Waals surface area contributed by atoms with Gasteiger partial charge in [0, 0.05) is 6.42 Å². The van der Waals surface area contributed by atoms with Crippen molar-refractivity contribution in [2.45, 2.75) is 25.7 Å². The van der Waals surface area contributed by atoms with E-state index in [1.165, 1.54) is 4.90 Å². The fraction of sp³-hybridized carbons (Fsp3) is 0.192. The summed E-state index contributed by atoms with van der Waals surface area (Å²) in [7, 11) is 0. The number of hydrogen-bond acceptors (Lipinski definition) is 4. The van der Waals surface area contributed by atoms with E-state index in [9.17, 15) is 14.4 Å². The van der Waals surface area contributed by atoms with E-state index in [4.69, 9.17) is 9.84 Å². The lowest BCUT2D eigenvalue weighted by Crippen LogP contribution is -2.29. The molecule has 0 saturated carbocycles. The normalized spacial score (nSPS) is 12.7. The van der Waals surface area contributed by atoms with Crippen LogP contribution in [0.5, 0.6) is 5.75 Å². The van der Waals surface area contributed by atoms with E-state index in [-0.39, 0.29) is 18.2 Å². The third-order valence-corrected chi connectivity index (χ3v) is 5.42. The van der Waals surface area contributed by atoms with Crippen LogP contribution in [0.25, 0.3) is 0 Å². The topological polar surface area (TPSA) is 83.9 Å². The minimum absolute atomic E-state index is 0.101. The molecule has 6 nitrogen and oxygen atoms in total. The summed E-state index contributed by atoms with van der Waals surface area (Å²) < 4.78 is 5.55. The van der Waals surface area contributed by atoms with Crippen molar-refractivity contribution in [1.29, 1.82) is 0 Å². The smallest absolute Gasteiger partial charge is 0.303 e. The zero-order chi connectivity index (χ0) is 22.5. The van der Waals surface area contributed by atoms with Gasteiger partial charge in [0.2, 0.25) is 0 Å². The van der Waals surface area contributed by atoms with E-state index in [2.05, 4.69) is 0 Å². The molecule has 1 N–H and O–H groups in total. The van der Waals surface area contributed by atoms with Gasteiger partial charge < -0.3 is 9.84 Å². The third-order valence-electron chi connectivity index (χ3n) is 5.42. The highest BCUT2D eigenvalue weighted by molar-refractivity contribution is 6.34. The second-order valence-electron chi connectivity index (χ2n) is 7.65.